The van der Waals surface area contributed by atoms with Crippen molar-refractivity contribution in [1.82, 2.24) is 15.0 Å². The minimum absolute atomic E-state index is 0.632. The van der Waals surface area contributed by atoms with E-state index in [4.69, 9.17) is 11.6 Å². The molecule has 7 heteroatoms. The molecule has 1 N–H and O–H groups in total. The second-order valence-corrected chi connectivity index (χ2v) is 6.59. The van der Waals surface area contributed by atoms with Gasteiger partial charge in [-0.1, -0.05) is 18.5 Å². The molecule has 0 aliphatic carbocycles. The van der Waals surface area contributed by atoms with E-state index in [0.717, 1.165) is 33.2 Å². The minimum Gasteiger partial charge on any atom is -0.354 e. The molecule has 0 bridgehead atoms. The largest absolute Gasteiger partial charge is 0.354 e. The molecule has 3 aromatic rings. The van der Waals surface area contributed by atoms with Gasteiger partial charge >= 0.3 is 0 Å². The number of anilines is 1. The lowest BCUT2D eigenvalue weighted by Gasteiger charge is -2.07. The van der Waals surface area contributed by atoms with Gasteiger partial charge in [-0.15, -0.1) is 11.3 Å². The summed E-state index contributed by atoms with van der Waals surface area (Å²) in [7, 11) is 0. The van der Waals surface area contributed by atoms with Crippen LogP contribution in [0.15, 0.2) is 39.8 Å². The van der Waals surface area contributed by atoms with Crippen molar-refractivity contribution in [2.24, 2.45) is 0 Å². The van der Waals surface area contributed by atoms with E-state index < -0.39 is 0 Å². The first kappa shape index (κ1) is 14.6. The summed E-state index contributed by atoms with van der Waals surface area (Å²) in [6.07, 6.45) is 2.76. The number of rotatable bonds is 5. The van der Waals surface area contributed by atoms with Crippen LogP contribution in [-0.4, -0.2) is 21.5 Å². The number of nitrogens with one attached hydrogen (secondary N) is 1. The van der Waals surface area contributed by atoms with E-state index in [9.17, 15) is 0 Å². The van der Waals surface area contributed by atoms with E-state index in [0.29, 0.717) is 11.0 Å². The maximum atomic E-state index is 6.18. The Morgan fingerprint density at radius 1 is 1.29 bits per heavy atom. The molecule has 0 amide bonds. The van der Waals surface area contributed by atoms with Crippen molar-refractivity contribution >= 4 is 50.9 Å². The molecule has 0 radical (unpaired) electrons. The maximum Gasteiger partial charge on any atom is 0.225 e. The Morgan fingerprint density at radius 2 is 2.19 bits per heavy atom. The molecule has 21 heavy (non-hydrogen) atoms. The molecule has 0 aromatic carbocycles. The van der Waals surface area contributed by atoms with Gasteiger partial charge in [0.05, 0.1) is 5.02 Å². The molecule has 0 unspecified atom stereocenters. The molecule has 3 heterocycles. The average molecular weight is 337 g/mol. The van der Waals surface area contributed by atoms with Crippen LogP contribution in [-0.2, 0) is 0 Å². The number of fused-ring (bicyclic) bond motifs is 1. The molecule has 3 aromatic heterocycles. The summed E-state index contributed by atoms with van der Waals surface area (Å²) in [4.78, 5) is 14.4. The summed E-state index contributed by atoms with van der Waals surface area (Å²) in [5, 5.41) is 8.56. The first-order valence-electron chi connectivity index (χ1n) is 6.55. The Bertz CT molecular complexity index is 760. The zero-order chi connectivity index (χ0) is 14.7. The predicted molar refractivity (Wildman–Crippen MR) is 89.6 cm³/mol. The highest BCUT2D eigenvalue weighted by molar-refractivity contribution is 7.99. The van der Waals surface area contributed by atoms with Crippen LogP contribution >= 0.6 is 34.7 Å². The fourth-order valence-corrected chi connectivity index (χ4v) is 3.69. The fourth-order valence-electron chi connectivity index (χ4n) is 1.76. The molecule has 0 aliphatic rings. The van der Waals surface area contributed by atoms with E-state index in [1.54, 1.807) is 17.5 Å². The highest BCUT2D eigenvalue weighted by Crippen LogP contribution is 2.36. The van der Waals surface area contributed by atoms with E-state index in [-0.39, 0.29) is 0 Å². The summed E-state index contributed by atoms with van der Waals surface area (Å²) in [5.41, 5.74) is 0. The summed E-state index contributed by atoms with van der Waals surface area (Å²) in [6, 6.07) is 5.68. The molecule has 0 fully saturated rings. The van der Waals surface area contributed by atoms with Crippen LogP contribution in [0.25, 0.3) is 10.2 Å². The molecule has 0 saturated heterocycles. The highest BCUT2D eigenvalue weighted by atomic mass is 35.5. The van der Waals surface area contributed by atoms with Gasteiger partial charge in [0, 0.05) is 18.1 Å². The van der Waals surface area contributed by atoms with Crippen LogP contribution in [0, 0.1) is 0 Å². The Hall–Kier alpha value is -1.37. The van der Waals surface area contributed by atoms with Crippen molar-refractivity contribution in [3.63, 3.8) is 0 Å². The molecule has 0 atom stereocenters. The summed E-state index contributed by atoms with van der Waals surface area (Å²) >= 11 is 9.26. The van der Waals surface area contributed by atoms with Gasteiger partial charge in [-0.2, -0.15) is 0 Å². The topological polar surface area (TPSA) is 50.7 Å². The lowest BCUT2D eigenvalue weighted by molar-refractivity contribution is 0.946. The number of nitrogens with zero attached hydrogens (tertiary/aromatic N) is 3. The third-order valence-electron chi connectivity index (χ3n) is 2.74. The molecular weight excluding hydrogens is 324 g/mol. The summed E-state index contributed by atoms with van der Waals surface area (Å²) in [6.45, 7) is 2.96. The molecule has 4 nitrogen and oxygen atoms in total. The molecule has 3 rings (SSSR count). The molecule has 108 valence electrons. The third-order valence-corrected chi connectivity index (χ3v) is 4.99. The minimum atomic E-state index is 0.632. The summed E-state index contributed by atoms with van der Waals surface area (Å²) in [5.74, 6) is 0.654. The van der Waals surface area contributed by atoms with Gasteiger partial charge in [-0.25, -0.2) is 15.0 Å². The number of aromatic nitrogens is 3. The molecule has 0 saturated carbocycles. The van der Waals surface area contributed by atoms with E-state index in [1.807, 2.05) is 23.6 Å². The number of hydrogen-bond donors (Lipinski definition) is 1. The van der Waals surface area contributed by atoms with Gasteiger partial charge in [0.25, 0.3) is 0 Å². The maximum absolute atomic E-state index is 6.18. The standard InChI is InChI=1S/C14H13ClN4S2/c1-2-6-17-14-18-11-9(5-8-20-11)12(19-14)21-13-10(15)4-3-7-16-13/h3-5,7-8H,2,6H2,1H3,(H,17,18,19). The normalized spacial score (nSPS) is 11.0. The van der Waals surface area contributed by atoms with Crippen molar-refractivity contribution in [3.05, 3.63) is 34.8 Å². The molecule has 0 aliphatic heterocycles. The van der Waals surface area contributed by atoms with Crippen LogP contribution in [0.1, 0.15) is 13.3 Å². The average Bonchev–Trinajstić information content (AvgIpc) is 2.96. The van der Waals surface area contributed by atoms with Crippen molar-refractivity contribution in [1.29, 1.82) is 0 Å². The van der Waals surface area contributed by atoms with Crippen molar-refractivity contribution in [2.75, 3.05) is 11.9 Å². The Morgan fingerprint density at radius 3 is 3.00 bits per heavy atom. The number of pyridine rings is 1. The number of thiophene rings is 1. The Kier molecular flexibility index (Phi) is 4.57. The number of hydrogen-bond acceptors (Lipinski definition) is 6. The van der Waals surface area contributed by atoms with E-state index in [1.165, 1.54) is 11.8 Å². The Labute approximate surface area is 136 Å². The summed E-state index contributed by atoms with van der Waals surface area (Å²) < 4.78 is 0. The smallest absolute Gasteiger partial charge is 0.225 e. The zero-order valence-electron chi connectivity index (χ0n) is 11.3. The lowest BCUT2D eigenvalue weighted by atomic mass is 10.4. The lowest BCUT2D eigenvalue weighted by Crippen LogP contribution is -2.04. The van der Waals surface area contributed by atoms with Gasteiger partial charge in [0.1, 0.15) is 14.9 Å². The van der Waals surface area contributed by atoms with Gasteiger partial charge in [0.2, 0.25) is 5.95 Å². The van der Waals surface area contributed by atoms with Crippen LogP contribution in [0.3, 0.4) is 0 Å². The van der Waals surface area contributed by atoms with Crippen LogP contribution in [0.5, 0.6) is 0 Å². The third kappa shape index (κ3) is 3.28. The predicted octanol–water partition coefficient (Wildman–Crippen LogP) is 4.71. The van der Waals surface area contributed by atoms with Crippen LogP contribution in [0.4, 0.5) is 5.95 Å². The highest BCUT2D eigenvalue weighted by Gasteiger charge is 2.12. The van der Waals surface area contributed by atoms with Crippen LogP contribution < -0.4 is 5.32 Å². The molecule has 0 spiro atoms. The van der Waals surface area contributed by atoms with Gasteiger partial charge in [-0.3, -0.25) is 0 Å². The zero-order valence-corrected chi connectivity index (χ0v) is 13.7. The second kappa shape index (κ2) is 6.60. The van der Waals surface area contributed by atoms with Gasteiger partial charge in [-0.05, 0) is 41.8 Å². The quantitative estimate of drug-likeness (QED) is 0.683. The SMILES string of the molecule is CCCNc1nc(Sc2ncccc2Cl)c2ccsc2n1. The van der Waals surface area contributed by atoms with Crippen LogP contribution in [0.2, 0.25) is 5.02 Å². The van der Waals surface area contributed by atoms with Gasteiger partial charge in [0.15, 0.2) is 0 Å². The Balaban J connectivity index is 2.00. The fraction of sp³-hybridized carbons (Fsp3) is 0.214. The van der Waals surface area contributed by atoms with Crippen molar-refractivity contribution in [3.8, 4) is 0 Å². The van der Waals surface area contributed by atoms with E-state index >= 15 is 0 Å². The van der Waals surface area contributed by atoms with Crippen molar-refractivity contribution < 1.29 is 0 Å². The van der Waals surface area contributed by atoms with E-state index in [2.05, 4.69) is 27.2 Å². The monoisotopic (exact) mass is 336 g/mol. The first-order chi connectivity index (χ1) is 10.3. The number of halogens is 1. The second-order valence-electron chi connectivity index (χ2n) is 4.31. The van der Waals surface area contributed by atoms with Gasteiger partial charge < -0.3 is 5.32 Å². The first-order valence-corrected chi connectivity index (χ1v) is 8.63. The molecular formula is C14H13ClN4S2. The van der Waals surface area contributed by atoms with Crippen molar-refractivity contribution in [2.45, 2.75) is 23.4 Å².